The third-order valence-corrected chi connectivity index (χ3v) is 4.14. The minimum atomic E-state index is 0.424. The van der Waals surface area contributed by atoms with Crippen molar-refractivity contribution in [1.82, 2.24) is 0 Å². The largest absolute Gasteiger partial charge is 0.145 e. The Morgan fingerprint density at radius 2 is 1.54 bits per heavy atom. The zero-order valence-corrected chi connectivity index (χ0v) is 13.6. The van der Waals surface area contributed by atoms with E-state index < -0.39 is 0 Å². The van der Waals surface area contributed by atoms with Gasteiger partial charge in [-0.2, -0.15) is 0 Å². The molecule has 0 saturated heterocycles. The number of benzene rings is 2. The zero-order valence-electron chi connectivity index (χ0n) is 13.6. The first kappa shape index (κ1) is 16.0. The van der Waals surface area contributed by atoms with Gasteiger partial charge in [-0.05, 0) is 72.3 Å². The van der Waals surface area contributed by atoms with Crippen molar-refractivity contribution in [2.45, 2.75) is 38.5 Å². The summed E-state index contributed by atoms with van der Waals surface area (Å²) in [7, 11) is 0. The second-order valence-corrected chi connectivity index (χ2v) is 5.94. The lowest BCUT2D eigenvalue weighted by Gasteiger charge is -2.17. The quantitative estimate of drug-likeness (QED) is 0.436. The third-order valence-electron chi connectivity index (χ3n) is 4.14. The van der Waals surface area contributed by atoms with E-state index in [1.54, 1.807) is 18.2 Å². The van der Waals surface area contributed by atoms with Crippen molar-refractivity contribution in [2.24, 2.45) is 5.18 Å². The van der Waals surface area contributed by atoms with Gasteiger partial charge in [-0.1, -0.05) is 35.8 Å². The van der Waals surface area contributed by atoms with Gasteiger partial charge in [-0.15, -0.1) is 4.91 Å². The SMILES string of the molecule is O=Nc1cccc(C#CCCCCC#Cc2ccc3c(c2)CC3)c1. The van der Waals surface area contributed by atoms with Gasteiger partial charge in [-0.25, -0.2) is 0 Å². The maximum Gasteiger partial charge on any atom is 0.109 e. The molecule has 2 aromatic carbocycles. The lowest BCUT2D eigenvalue weighted by Crippen LogP contribution is -2.07. The number of rotatable bonds is 4. The Labute approximate surface area is 143 Å². The van der Waals surface area contributed by atoms with Gasteiger partial charge >= 0.3 is 0 Å². The van der Waals surface area contributed by atoms with Crippen LogP contribution < -0.4 is 0 Å². The van der Waals surface area contributed by atoms with Gasteiger partial charge < -0.3 is 0 Å². The third kappa shape index (κ3) is 4.34. The second-order valence-electron chi connectivity index (χ2n) is 5.94. The molecule has 118 valence electrons. The molecule has 0 N–H and O–H groups in total. The predicted molar refractivity (Wildman–Crippen MR) is 98.0 cm³/mol. The second kappa shape index (κ2) is 8.14. The molecule has 2 nitrogen and oxygen atoms in total. The molecule has 3 rings (SSSR count). The molecule has 0 fully saturated rings. The fourth-order valence-electron chi connectivity index (χ4n) is 2.67. The van der Waals surface area contributed by atoms with Crippen LogP contribution in [0.4, 0.5) is 5.69 Å². The highest BCUT2D eigenvalue weighted by Gasteiger charge is 2.11. The summed E-state index contributed by atoms with van der Waals surface area (Å²) in [4.78, 5) is 10.5. The van der Waals surface area contributed by atoms with Crippen molar-refractivity contribution >= 4 is 5.69 Å². The standard InChI is InChI=1S/C22H19NO/c24-23-22-11-7-10-18(17-22)8-5-3-1-2-4-6-9-19-12-13-20-14-15-21(20)16-19/h7,10-13,16-17H,1-4,14-15H2. The van der Waals surface area contributed by atoms with Crippen LogP contribution in [0.25, 0.3) is 0 Å². The molecule has 2 heteroatoms. The van der Waals surface area contributed by atoms with E-state index in [2.05, 4.69) is 47.1 Å². The Morgan fingerprint density at radius 3 is 2.17 bits per heavy atom. The van der Waals surface area contributed by atoms with Gasteiger partial charge in [0.1, 0.15) is 5.69 Å². The topological polar surface area (TPSA) is 29.4 Å². The maximum absolute atomic E-state index is 10.5. The van der Waals surface area contributed by atoms with E-state index in [1.807, 2.05) is 6.07 Å². The van der Waals surface area contributed by atoms with E-state index in [9.17, 15) is 4.91 Å². The number of hydrogen-bond acceptors (Lipinski definition) is 2. The summed E-state index contributed by atoms with van der Waals surface area (Å²) in [6.07, 6.45) is 6.28. The molecular formula is C22H19NO. The van der Waals surface area contributed by atoms with E-state index in [-0.39, 0.29) is 0 Å². The highest BCUT2D eigenvalue weighted by molar-refractivity contribution is 5.46. The van der Waals surface area contributed by atoms with Crippen LogP contribution >= 0.6 is 0 Å². The Balaban J connectivity index is 1.38. The van der Waals surface area contributed by atoms with Crippen LogP contribution in [0, 0.1) is 28.6 Å². The van der Waals surface area contributed by atoms with Gasteiger partial charge in [-0.3, -0.25) is 0 Å². The Morgan fingerprint density at radius 1 is 0.833 bits per heavy atom. The monoisotopic (exact) mass is 313 g/mol. The summed E-state index contributed by atoms with van der Waals surface area (Å²) in [6, 6.07) is 13.6. The van der Waals surface area contributed by atoms with E-state index in [4.69, 9.17) is 0 Å². The zero-order chi connectivity index (χ0) is 16.6. The Bertz CT molecular complexity index is 859. The van der Waals surface area contributed by atoms with Crippen molar-refractivity contribution in [1.29, 1.82) is 0 Å². The smallest absolute Gasteiger partial charge is 0.109 e. The first-order valence-corrected chi connectivity index (χ1v) is 8.38. The summed E-state index contributed by atoms with van der Waals surface area (Å²) in [5, 5.41) is 2.92. The fraction of sp³-hybridized carbons (Fsp3) is 0.273. The van der Waals surface area contributed by atoms with E-state index in [1.165, 1.54) is 24.0 Å². The van der Waals surface area contributed by atoms with Gasteiger partial charge in [0.2, 0.25) is 0 Å². The molecule has 0 amide bonds. The summed E-state index contributed by atoms with van der Waals surface area (Å²) < 4.78 is 0. The lowest BCUT2D eigenvalue weighted by molar-refractivity contribution is 0.782. The van der Waals surface area contributed by atoms with Crippen LogP contribution in [0.15, 0.2) is 47.6 Å². The van der Waals surface area contributed by atoms with Gasteiger partial charge in [0.05, 0.1) is 0 Å². The molecule has 1 aliphatic carbocycles. The van der Waals surface area contributed by atoms with Gasteiger partial charge in [0, 0.05) is 24.0 Å². The van der Waals surface area contributed by atoms with Crippen molar-refractivity contribution in [2.75, 3.05) is 0 Å². The van der Waals surface area contributed by atoms with Gasteiger partial charge in [0.25, 0.3) is 0 Å². The molecule has 0 spiro atoms. The molecule has 24 heavy (non-hydrogen) atoms. The summed E-state index contributed by atoms with van der Waals surface area (Å²) >= 11 is 0. The number of nitroso groups, excluding NO2 is 1. The number of unbranched alkanes of at least 4 members (excludes halogenated alkanes) is 3. The molecule has 1 aliphatic rings. The minimum Gasteiger partial charge on any atom is -0.145 e. The van der Waals surface area contributed by atoms with Crippen LogP contribution in [0.3, 0.4) is 0 Å². The molecular weight excluding hydrogens is 294 g/mol. The van der Waals surface area contributed by atoms with Crippen LogP contribution in [-0.2, 0) is 12.8 Å². The average molecular weight is 313 g/mol. The molecule has 0 aromatic heterocycles. The Kier molecular flexibility index (Phi) is 5.44. The van der Waals surface area contributed by atoms with Crippen molar-refractivity contribution in [3.05, 3.63) is 69.6 Å². The van der Waals surface area contributed by atoms with E-state index in [0.717, 1.165) is 36.8 Å². The molecule has 0 bridgehead atoms. The van der Waals surface area contributed by atoms with Crippen LogP contribution in [0.2, 0.25) is 0 Å². The predicted octanol–water partition coefficient (Wildman–Crippen LogP) is 5.15. The van der Waals surface area contributed by atoms with E-state index in [0.29, 0.717) is 5.69 Å². The molecule has 0 saturated carbocycles. The maximum atomic E-state index is 10.5. The Hall–Kier alpha value is -2.84. The summed E-state index contributed by atoms with van der Waals surface area (Å²) in [6.45, 7) is 0. The number of aryl methyl sites for hydroxylation is 2. The molecule has 0 heterocycles. The highest BCUT2D eigenvalue weighted by Crippen LogP contribution is 2.23. The summed E-state index contributed by atoms with van der Waals surface area (Å²) in [5.74, 6) is 12.7. The molecule has 0 aliphatic heterocycles. The van der Waals surface area contributed by atoms with Crippen LogP contribution in [0.1, 0.15) is 47.9 Å². The van der Waals surface area contributed by atoms with E-state index >= 15 is 0 Å². The van der Waals surface area contributed by atoms with Crippen LogP contribution in [0.5, 0.6) is 0 Å². The van der Waals surface area contributed by atoms with Crippen LogP contribution in [-0.4, -0.2) is 0 Å². The first-order valence-electron chi connectivity index (χ1n) is 8.38. The normalized spacial score (nSPS) is 11.2. The highest BCUT2D eigenvalue weighted by atomic mass is 16.3. The van der Waals surface area contributed by atoms with Crippen molar-refractivity contribution in [3.8, 4) is 23.7 Å². The molecule has 0 radical (unpaired) electrons. The van der Waals surface area contributed by atoms with Gasteiger partial charge in [0.15, 0.2) is 0 Å². The minimum absolute atomic E-state index is 0.424. The van der Waals surface area contributed by atoms with Crippen molar-refractivity contribution < 1.29 is 0 Å². The first-order chi connectivity index (χ1) is 11.8. The number of hydrogen-bond donors (Lipinski definition) is 0. The summed E-state index contributed by atoms with van der Waals surface area (Å²) in [5.41, 5.74) is 5.34. The molecule has 2 aromatic rings. The van der Waals surface area contributed by atoms with Crippen molar-refractivity contribution in [3.63, 3.8) is 0 Å². The fourth-order valence-corrected chi connectivity index (χ4v) is 2.67. The number of nitrogens with zero attached hydrogens (tertiary/aromatic N) is 1. The average Bonchev–Trinajstić information content (AvgIpc) is 2.59. The molecule has 0 unspecified atom stereocenters. The lowest BCUT2D eigenvalue weighted by atomic mass is 9.87. The molecule has 0 atom stereocenters. The number of fused-ring (bicyclic) bond motifs is 1.